The van der Waals surface area contributed by atoms with Crippen molar-refractivity contribution in [1.29, 1.82) is 0 Å². The van der Waals surface area contributed by atoms with Gasteiger partial charge in [0.1, 0.15) is 12.2 Å². The lowest BCUT2D eigenvalue weighted by Gasteiger charge is -2.23. The molecular formula is C18H32Cl2N6O2Si. The Morgan fingerprint density at radius 3 is 2.86 bits per heavy atom. The molecule has 1 saturated heterocycles. The smallest absolute Gasteiger partial charge is 0.320 e. The van der Waals surface area contributed by atoms with Gasteiger partial charge in [0.05, 0.1) is 6.20 Å². The molecule has 0 bridgehead atoms. The van der Waals surface area contributed by atoms with Crippen LogP contribution in [-0.2, 0) is 11.5 Å². The molecule has 2 amide bonds. The molecule has 2 aromatic heterocycles. The molecule has 1 aliphatic rings. The average Bonchev–Trinajstić information content (AvgIpc) is 3.01. The van der Waals surface area contributed by atoms with E-state index >= 15 is 0 Å². The van der Waals surface area contributed by atoms with Crippen LogP contribution in [0.2, 0.25) is 25.7 Å². The molecule has 0 radical (unpaired) electrons. The van der Waals surface area contributed by atoms with Gasteiger partial charge in [0.25, 0.3) is 0 Å². The second-order valence-corrected chi connectivity index (χ2v) is 13.9. The van der Waals surface area contributed by atoms with Crippen molar-refractivity contribution in [3.8, 4) is 0 Å². The van der Waals surface area contributed by atoms with Crippen LogP contribution >= 0.6 is 24.8 Å². The lowest BCUT2D eigenvalue weighted by Crippen LogP contribution is -2.47. The quantitative estimate of drug-likeness (QED) is 0.432. The van der Waals surface area contributed by atoms with Crippen LogP contribution in [0.4, 0.5) is 10.6 Å². The van der Waals surface area contributed by atoms with Gasteiger partial charge in [-0.2, -0.15) is 0 Å². The monoisotopic (exact) mass is 462 g/mol. The summed E-state index contributed by atoms with van der Waals surface area (Å²) < 4.78 is 7.72. The zero-order valence-corrected chi connectivity index (χ0v) is 19.9. The molecule has 8 nitrogen and oxygen atoms in total. The molecule has 11 heteroatoms. The second-order valence-electron chi connectivity index (χ2n) is 8.24. The average molecular weight is 463 g/mol. The van der Waals surface area contributed by atoms with E-state index in [0.717, 1.165) is 49.7 Å². The second kappa shape index (κ2) is 11.7. The Bertz CT molecular complexity index is 777. The van der Waals surface area contributed by atoms with Crippen molar-refractivity contribution >= 4 is 55.9 Å². The fraction of sp³-hybridized carbons (Fsp3) is 0.611. The van der Waals surface area contributed by atoms with E-state index in [-0.39, 0.29) is 36.9 Å². The molecule has 164 valence electrons. The third-order valence-corrected chi connectivity index (χ3v) is 6.27. The number of fused-ring (bicyclic) bond motifs is 1. The Morgan fingerprint density at radius 1 is 1.38 bits per heavy atom. The zero-order chi connectivity index (χ0) is 19.3. The SMILES string of the molecule is C[Si](C)(C)CCOCn1ccc2nc(NC(=O)N[C@H]3CCCNC3)cnc21.Cl.Cl. The minimum Gasteiger partial charge on any atom is -0.361 e. The van der Waals surface area contributed by atoms with Crippen LogP contribution in [0, 0.1) is 0 Å². The van der Waals surface area contributed by atoms with Crippen molar-refractivity contribution in [2.75, 3.05) is 25.0 Å². The van der Waals surface area contributed by atoms with Crippen LogP contribution in [0.5, 0.6) is 0 Å². The summed E-state index contributed by atoms with van der Waals surface area (Å²) in [5.74, 6) is 0.446. The Morgan fingerprint density at radius 2 is 2.17 bits per heavy atom. The number of amides is 2. The normalized spacial score (nSPS) is 16.6. The van der Waals surface area contributed by atoms with Gasteiger partial charge in [-0.25, -0.2) is 14.8 Å². The number of rotatable bonds is 7. The predicted molar refractivity (Wildman–Crippen MR) is 124 cm³/mol. The van der Waals surface area contributed by atoms with Gasteiger partial charge in [0.15, 0.2) is 11.5 Å². The Hall–Kier alpha value is -1.39. The molecule has 0 saturated carbocycles. The van der Waals surface area contributed by atoms with Crippen molar-refractivity contribution in [1.82, 2.24) is 25.2 Å². The first-order chi connectivity index (χ1) is 12.9. The van der Waals surface area contributed by atoms with E-state index in [2.05, 4.69) is 45.6 Å². The van der Waals surface area contributed by atoms with E-state index in [4.69, 9.17) is 4.74 Å². The maximum Gasteiger partial charge on any atom is 0.320 e. The number of piperidine rings is 1. The standard InChI is InChI=1S/C18H30N6O2Si.2ClH/c1-27(2,3)10-9-26-13-24-8-6-15-17(24)20-12-16(22-15)23-18(25)21-14-5-4-7-19-11-14;;/h6,8,12,14,19H,4-5,7,9-11,13H2,1-3H3,(H2,21,22,23,25);2*1H/t14-;;/m0../s1. The number of nitrogens with one attached hydrogen (secondary N) is 3. The van der Waals surface area contributed by atoms with Crippen LogP contribution < -0.4 is 16.0 Å². The fourth-order valence-corrected chi connectivity index (χ4v) is 3.74. The Labute approximate surface area is 185 Å². The van der Waals surface area contributed by atoms with Crippen LogP contribution in [0.1, 0.15) is 12.8 Å². The van der Waals surface area contributed by atoms with E-state index in [1.807, 2.05) is 16.8 Å². The Balaban J connectivity index is 0.00000210. The van der Waals surface area contributed by atoms with E-state index in [9.17, 15) is 4.79 Å². The minimum absolute atomic E-state index is 0. The molecule has 0 aliphatic carbocycles. The molecule has 29 heavy (non-hydrogen) atoms. The van der Waals surface area contributed by atoms with Crippen molar-refractivity contribution in [2.45, 2.75) is 51.3 Å². The number of ether oxygens (including phenoxy) is 1. The topological polar surface area (TPSA) is 93.1 Å². The summed E-state index contributed by atoms with van der Waals surface area (Å²) in [6.07, 6.45) is 5.56. The molecule has 3 rings (SSSR count). The number of carbonyl (C=O) groups excluding carboxylic acids is 1. The van der Waals surface area contributed by atoms with Crippen molar-refractivity contribution in [2.24, 2.45) is 0 Å². The number of urea groups is 1. The molecule has 0 aromatic carbocycles. The first kappa shape index (κ1) is 25.6. The highest BCUT2D eigenvalue weighted by Crippen LogP contribution is 2.15. The van der Waals surface area contributed by atoms with Gasteiger partial charge in [-0.15, -0.1) is 24.8 Å². The van der Waals surface area contributed by atoms with E-state index in [1.54, 1.807) is 6.20 Å². The summed E-state index contributed by atoms with van der Waals surface area (Å²) in [5.41, 5.74) is 1.49. The fourth-order valence-electron chi connectivity index (χ4n) is 2.98. The highest BCUT2D eigenvalue weighted by molar-refractivity contribution is 6.76. The number of hydrogen-bond donors (Lipinski definition) is 3. The number of carbonyl (C=O) groups is 1. The number of aromatic nitrogens is 3. The minimum atomic E-state index is -1.08. The highest BCUT2D eigenvalue weighted by Gasteiger charge is 2.16. The first-order valence-electron chi connectivity index (χ1n) is 9.59. The largest absolute Gasteiger partial charge is 0.361 e. The Kier molecular flexibility index (Phi) is 10.4. The molecular weight excluding hydrogens is 431 g/mol. The summed E-state index contributed by atoms with van der Waals surface area (Å²) in [4.78, 5) is 21.1. The van der Waals surface area contributed by atoms with Crippen LogP contribution in [-0.4, -0.2) is 54.4 Å². The van der Waals surface area contributed by atoms with Gasteiger partial charge in [-0.3, -0.25) is 5.32 Å². The third kappa shape index (κ3) is 8.10. The number of nitrogens with zero attached hydrogens (tertiary/aromatic N) is 3. The highest BCUT2D eigenvalue weighted by atomic mass is 35.5. The predicted octanol–water partition coefficient (Wildman–Crippen LogP) is 3.46. The molecule has 1 fully saturated rings. The molecule has 0 spiro atoms. The summed E-state index contributed by atoms with van der Waals surface area (Å²) >= 11 is 0. The number of anilines is 1. The summed E-state index contributed by atoms with van der Waals surface area (Å²) in [5, 5.41) is 9.01. The number of hydrogen-bond acceptors (Lipinski definition) is 5. The molecule has 2 aromatic rings. The maximum absolute atomic E-state index is 12.1. The lowest BCUT2D eigenvalue weighted by atomic mass is 10.1. The van der Waals surface area contributed by atoms with E-state index < -0.39 is 8.07 Å². The lowest BCUT2D eigenvalue weighted by molar-refractivity contribution is 0.0899. The summed E-state index contributed by atoms with van der Waals surface area (Å²) in [6.45, 7) is 10.1. The molecule has 1 aliphatic heterocycles. The van der Waals surface area contributed by atoms with Gasteiger partial charge in [-0.1, -0.05) is 19.6 Å². The molecule has 3 heterocycles. The van der Waals surface area contributed by atoms with Crippen LogP contribution in [0.3, 0.4) is 0 Å². The van der Waals surface area contributed by atoms with E-state index in [0.29, 0.717) is 12.5 Å². The van der Waals surface area contributed by atoms with Gasteiger partial charge in [-0.05, 0) is 31.5 Å². The summed E-state index contributed by atoms with van der Waals surface area (Å²) in [6, 6.07) is 2.94. The first-order valence-corrected chi connectivity index (χ1v) is 13.3. The maximum atomic E-state index is 12.1. The zero-order valence-electron chi connectivity index (χ0n) is 17.2. The van der Waals surface area contributed by atoms with Gasteiger partial charge in [0, 0.05) is 33.5 Å². The van der Waals surface area contributed by atoms with E-state index in [1.165, 1.54) is 0 Å². The van der Waals surface area contributed by atoms with Crippen molar-refractivity contribution < 1.29 is 9.53 Å². The van der Waals surface area contributed by atoms with Gasteiger partial charge < -0.3 is 19.9 Å². The molecule has 1 atom stereocenters. The molecule has 0 unspecified atom stereocenters. The third-order valence-electron chi connectivity index (χ3n) is 4.56. The van der Waals surface area contributed by atoms with Crippen LogP contribution in [0.25, 0.3) is 11.2 Å². The van der Waals surface area contributed by atoms with Crippen molar-refractivity contribution in [3.05, 3.63) is 18.5 Å². The number of halogens is 2. The summed E-state index contributed by atoms with van der Waals surface area (Å²) in [7, 11) is -1.08. The van der Waals surface area contributed by atoms with Gasteiger partial charge >= 0.3 is 6.03 Å². The molecule has 3 N–H and O–H groups in total. The van der Waals surface area contributed by atoms with Crippen molar-refractivity contribution in [3.63, 3.8) is 0 Å². The van der Waals surface area contributed by atoms with Gasteiger partial charge in [0.2, 0.25) is 0 Å². The van der Waals surface area contributed by atoms with Crippen LogP contribution in [0.15, 0.2) is 18.5 Å².